The number of fused-ring (bicyclic) bond motifs is 3. The van der Waals surface area contributed by atoms with Crippen LogP contribution in [0.15, 0.2) is 77.9 Å². The highest BCUT2D eigenvalue weighted by Crippen LogP contribution is 2.25. The van der Waals surface area contributed by atoms with Gasteiger partial charge in [-0.3, -0.25) is 57.7 Å². The summed E-state index contributed by atoms with van der Waals surface area (Å²) in [6, 6.07) is 9.02. The van der Waals surface area contributed by atoms with Crippen molar-refractivity contribution in [3.63, 3.8) is 0 Å². The minimum absolute atomic E-state index is 0. The van der Waals surface area contributed by atoms with E-state index in [0.717, 1.165) is 21.7 Å². The molecule has 3 saturated heterocycles. The van der Waals surface area contributed by atoms with Crippen LogP contribution in [-0.4, -0.2) is 184 Å². The predicted octanol–water partition coefficient (Wildman–Crippen LogP) is 1.85. The monoisotopic (exact) mass is 1360 g/mol. The molecule has 11 amide bonds. The average Bonchev–Trinajstić information content (AvgIpc) is 1.77. The molecule has 28 nitrogen and oxygen atoms in total. The number of hydrogen-bond acceptors (Lipinski definition) is 13. The number of H-pyrrole nitrogens is 1. The summed E-state index contributed by atoms with van der Waals surface area (Å²) < 4.78 is 31.7. The van der Waals surface area contributed by atoms with Gasteiger partial charge in [0.15, 0.2) is 5.96 Å². The quantitative estimate of drug-likeness (QED) is 0.0362. The normalized spacial score (nSPS) is 21.5. The van der Waals surface area contributed by atoms with Crippen LogP contribution in [0.4, 0.5) is 13.2 Å². The van der Waals surface area contributed by atoms with Gasteiger partial charge in [0.05, 0.1) is 6.42 Å². The van der Waals surface area contributed by atoms with Crippen LogP contribution in [0.25, 0.3) is 21.7 Å². The second kappa shape index (κ2) is 36.9. The number of rotatable bonds is 19. The first-order valence-electron chi connectivity index (χ1n) is 32.2. The van der Waals surface area contributed by atoms with E-state index in [4.69, 9.17) is 27.1 Å². The first-order chi connectivity index (χ1) is 45.6. The molecule has 4 aromatic rings. The third-order valence-corrected chi connectivity index (χ3v) is 16.8. The van der Waals surface area contributed by atoms with Crippen molar-refractivity contribution in [3.05, 3.63) is 84.1 Å². The molecule has 3 aliphatic heterocycles. The maximum absolute atomic E-state index is 15.1. The molecular weight excluding hydrogens is 1270 g/mol. The van der Waals surface area contributed by atoms with Crippen LogP contribution in [0.5, 0.6) is 0 Å². The highest BCUT2D eigenvalue weighted by molar-refractivity contribution is 6.00. The van der Waals surface area contributed by atoms with Crippen molar-refractivity contribution in [2.75, 3.05) is 26.2 Å². The Bertz CT molecular complexity index is 3490. The zero-order valence-electron chi connectivity index (χ0n) is 54.2. The van der Waals surface area contributed by atoms with E-state index in [-0.39, 0.29) is 97.4 Å². The maximum Gasteiger partial charge on any atom is 0.490 e. The Morgan fingerprint density at radius 3 is 2.06 bits per heavy atom. The number of benzene rings is 3. The van der Waals surface area contributed by atoms with Gasteiger partial charge in [-0.25, -0.2) is 4.79 Å². The third-order valence-electron chi connectivity index (χ3n) is 16.8. The van der Waals surface area contributed by atoms with Crippen LogP contribution < -0.4 is 59.7 Å². The molecule has 3 aromatic carbocycles. The molecular formula is C66H92F3N15O13. The van der Waals surface area contributed by atoms with Gasteiger partial charge in [-0.05, 0) is 98.1 Å². The molecule has 530 valence electrons. The van der Waals surface area contributed by atoms with Crippen molar-refractivity contribution >= 4 is 98.6 Å². The number of aliphatic carboxylic acids is 1. The smallest absolute Gasteiger partial charge is 0.475 e. The van der Waals surface area contributed by atoms with Gasteiger partial charge in [0.2, 0.25) is 65.0 Å². The molecule has 0 bridgehead atoms. The van der Waals surface area contributed by atoms with Gasteiger partial charge >= 0.3 is 12.1 Å². The number of aromatic nitrogens is 1. The summed E-state index contributed by atoms with van der Waals surface area (Å²) in [4.78, 5) is 176. The summed E-state index contributed by atoms with van der Waals surface area (Å²) in [5, 5.41) is 32.0. The number of amides is 11. The van der Waals surface area contributed by atoms with Crippen molar-refractivity contribution in [1.82, 2.24) is 57.3 Å². The van der Waals surface area contributed by atoms with E-state index in [1.165, 1.54) is 16.7 Å². The van der Waals surface area contributed by atoms with E-state index < -0.39 is 144 Å². The minimum atomic E-state index is -5.08. The van der Waals surface area contributed by atoms with Gasteiger partial charge in [0.25, 0.3) is 0 Å². The lowest BCUT2D eigenvalue weighted by atomic mass is 9.99. The van der Waals surface area contributed by atoms with E-state index in [1.807, 2.05) is 67.6 Å². The fourth-order valence-corrected chi connectivity index (χ4v) is 11.8. The summed E-state index contributed by atoms with van der Waals surface area (Å²) in [5.74, 6) is -11.2. The van der Waals surface area contributed by atoms with E-state index in [9.17, 15) is 51.5 Å². The molecule has 31 heteroatoms. The van der Waals surface area contributed by atoms with E-state index >= 15 is 14.4 Å². The van der Waals surface area contributed by atoms with Gasteiger partial charge in [-0.15, -0.1) is 0 Å². The SMILES string of the molecule is C.CCCC[C@H](NC(C)=O)C(=O)N[C@H]1CC(=O)NCCCC[C@@H](C(=O)NC(C(=O)N2CCC[C@@H]2C(N)=O)C(C)C)NC(=O)[C@H](Cc2c[nH]c3ccccc23)NC(=O)[C@H](CCCN=C(N)N)NC(=O)[C@@H](Cc2ccc3ccccc3c2)NC(=O)[C@@H]2CCCN2C1=O.O=C(O)C(F)(F)F. The molecule has 7 rings (SSSR count). The van der Waals surface area contributed by atoms with Crippen molar-refractivity contribution in [2.45, 2.75) is 192 Å². The number of guanidine groups is 1. The maximum atomic E-state index is 15.1. The van der Waals surface area contributed by atoms with Crippen LogP contribution in [0.2, 0.25) is 0 Å². The molecule has 0 saturated carbocycles. The molecule has 0 aliphatic carbocycles. The second-order valence-electron chi connectivity index (χ2n) is 24.5. The number of unbranched alkanes of at least 4 members (excludes halogenated alkanes) is 1. The number of likely N-dealkylation sites (tertiary alicyclic amines) is 1. The lowest BCUT2D eigenvalue weighted by Crippen LogP contribution is -2.61. The van der Waals surface area contributed by atoms with E-state index in [0.29, 0.717) is 43.2 Å². The van der Waals surface area contributed by atoms with Gasteiger partial charge in [0, 0.05) is 63.0 Å². The molecule has 3 aliphatic rings. The number of aromatic amines is 1. The number of halogens is 3. The Balaban J connectivity index is 0.00000201. The average molecular weight is 1360 g/mol. The van der Waals surface area contributed by atoms with Crippen LogP contribution in [-0.2, 0) is 70.4 Å². The fourth-order valence-electron chi connectivity index (χ4n) is 11.8. The molecule has 3 fully saturated rings. The van der Waals surface area contributed by atoms with Gasteiger partial charge in [-0.1, -0.05) is 102 Å². The summed E-state index contributed by atoms with van der Waals surface area (Å²) in [5.41, 5.74) is 19.0. The zero-order chi connectivity index (χ0) is 70.4. The number of carboxylic acid groups (broad SMARTS) is 1. The van der Waals surface area contributed by atoms with E-state index in [1.54, 1.807) is 26.1 Å². The molecule has 1 aromatic heterocycles. The summed E-state index contributed by atoms with van der Waals surface area (Å²) >= 11 is 0. The molecule has 4 heterocycles. The number of carboxylic acids is 1. The molecule has 1 unspecified atom stereocenters. The topological polar surface area (TPSA) is 434 Å². The number of primary amides is 1. The van der Waals surface area contributed by atoms with Crippen LogP contribution in [0.1, 0.15) is 130 Å². The Morgan fingerprint density at radius 2 is 1.39 bits per heavy atom. The van der Waals surface area contributed by atoms with E-state index in [2.05, 4.69) is 52.5 Å². The van der Waals surface area contributed by atoms with Crippen LogP contribution in [0.3, 0.4) is 0 Å². The van der Waals surface area contributed by atoms with Gasteiger partial charge in [-0.2, -0.15) is 13.2 Å². The molecule has 97 heavy (non-hydrogen) atoms. The van der Waals surface area contributed by atoms with Crippen molar-refractivity contribution < 1.29 is 75.8 Å². The lowest BCUT2D eigenvalue weighted by molar-refractivity contribution is -0.192. The fraction of sp³-hybridized carbons (Fsp3) is 0.530. The third kappa shape index (κ3) is 22.9. The summed E-state index contributed by atoms with van der Waals surface area (Å²) in [7, 11) is 0. The van der Waals surface area contributed by atoms with Crippen LogP contribution >= 0.6 is 0 Å². The van der Waals surface area contributed by atoms with Crippen molar-refractivity contribution in [1.29, 1.82) is 0 Å². The standard InChI is InChI=1S/C63H87N15O11.C2HF3O2.CH4/c1-5-6-19-44(70-37(4)79)55(82)75-49-34-52(80)67-27-12-11-21-45(57(84)76-53(36(2)3)62(89)77-29-14-23-50(77)54(64)81)71-59(86)48(33-41-35-69-43-20-10-9-18-42(41)43)73-56(83)46(22-13-28-68-63(65)66)72-58(85)47(74-60(87)51-24-15-30-78(51)61(49)88)32-38-25-26-39-16-7-8-17-40(39)31-38;3-2(4,5)1(6)7;/h7-10,16-18,20,25-26,31,35-36,44-51,53,69H,5-6,11-15,19,21-24,27-30,32-34H2,1-4H3,(H2,64,81)(H,67,80)(H,70,79)(H,71,86)(H,72,85)(H,73,83)(H,74,87)(H,75,82)(H,76,84)(H4,65,66,68);(H,6,7);1H4/t44-,45-,46-,47+,48-,49-,50+,51-,53?;;/m0../s1. The zero-order valence-corrected chi connectivity index (χ0v) is 54.2. The Kier molecular flexibility index (Phi) is 29.6. The summed E-state index contributed by atoms with van der Waals surface area (Å²) in [6.45, 7) is 6.93. The molecule has 16 N–H and O–H groups in total. The number of aliphatic imine (C=N–C) groups is 1. The molecule has 0 radical (unpaired) electrons. The van der Waals surface area contributed by atoms with Gasteiger partial charge < -0.3 is 79.6 Å². The Morgan fingerprint density at radius 1 is 0.753 bits per heavy atom. The van der Waals surface area contributed by atoms with Crippen LogP contribution in [0, 0.1) is 5.92 Å². The number of carbonyl (C=O) groups is 12. The van der Waals surface area contributed by atoms with Crippen molar-refractivity contribution in [3.8, 4) is 0 Å². The summed E-state index contributed by atoms with van der Waals surface area (Å²) in [6.07, 6.45) is -0.973. The predicted molar refractivity (Wildman–Crippen MR) is 354 cm³/mol. The number of para-hydroxylation sites is 1. The Labute approximate surface area is 560 Å². The molecule has 9 atom stereocenters. The second-order valence-corrected chi connectivity index (χ2v) is 24.5. The number of carbonyl (C=O) groups excluding carboxylic acids is 11. The van der Waals surface area contributed by atoms with Crippen molar-refractivity contribution in [2.24, 2.45) is 28.1 Å². The number of nitrogens with one attached hydrogen (secondary N) is 9. The highest BCUT2D eigenvalue weighted by atomic mass is 19.4. The molecule has 0 spiro atoms. The number of nitrogens with two attached hydrogens (primary N) is 3. The Hall–Kier alpha value is -9.84. The first kappa shape index (κ1) is 77.9. The highest BCUT2D eigenvalue weighted by Gasteiger charge is 2.43. The lowest BCUT2D eigenvalue weighted by Gasteiger charge is -2.31. The first-order valence-corrected chi connectivity index (χ1v) is 32.2. The number of alkyl halides is 3. The largest absolute Gasteiger partial charge is 0.490 e. The van der Waals surface area contributed by atoms with Gasteiger partial charge in [0.1, 0.15) is 54.4 Å². The number of hydrogen-bond donors (Lipinski definition) is 13. The minimum Gasteiger partial charge on any atom is -0.475 e. The number of nitrogens with zero attached hydrogens (tertiary/aromatic N) is 3.